The number of urea groups is 1. The van der Waals surface area contributed by atoms with Crippen LogP contribution in [0.25, 0.3) is 0 Å². The van der Waals surface area contributed by atoms with Crippen molar-refractivity contribution in [1.29, 1.82) is 0 Å². The first-order chi connectivity index (χ1) is 9.52. The maximum absolute atomic E-state index is 12.0. The molecule has 1 aromatic carbocycles. The first-order valence-corrected chi connectivity index (χ1v) is 6.39. The third-order valence-electron chi connectivity index (χ3n) is 2.93. The highest BCUT2D eigenvalue weighted by atomic mass is 16.5. The van der Waals surface area contributed by atoms with Gasteiger partial charge < -0.3 is 4.74 Å². The SMILES string of the molecule is CC(C)N1C(=O)C(=O)N(CCOc2ccccc2)C1=O. The van der Waals surface area contributed by atoms with Gasteiger partial charge in [-0.3, -0.25) is 19.4 Å². The summed E-state index contributed by atoms with van der Waals surface area (Å²) in [6, 6.07) is 8.15. The monoisotopic (exact) mass is 276 g/mol. The summed E-state index contributed by atoms with van der Waals surface area (Å²) in [5.41, 5.74) is 0. The number of carbonyl (C=O) groups excluding carboxylic acids is 3. The first-order valence-electron chi connectivity index (χ1n) is 6.39. The Morgan fingerprint density at radius 2 is 1.70 bits per heavy atom. The van der Waals surface area contributed by atoms with Crippen LogP contribution >= 0.6 is 0 Å². The van der Waals surface area contributed by atoms with E-state index in [4.69, 9.17) is 4.74 Å². The molecule has 0 saturated carbocycles. The number of nitrogens with zero attached hydrogens (tertiary/aromatic N) is 2. The molecule has 0 N–H and O–H groups in total. The largest absolute Gasteiger partial charge is 0.492 e. The zero-order chi connectivity index (χ0) is 14.7. The van der Waals surface area contributed by atoms with Crippen molar-refractivity contribution < 1.29 is 19.1 Å². The summed E-state index contributed by atoms with van der Waals surface area (Å²) >= 11 is 0. The summed E-state index contributed by atoms with van der Waals surface area (Å²) < 4.78 is 5.42. The molecule has 4 amide bonds. The standard InChI is InChI=1S/C14H16N2O4/c1-10(2)16-13(18)12(17)15(14(16)19)8-9-20-11-6-4-3-5-7-11/h3-7,10H,8-9H2,1-2H3. The molecule has 1 aromatic rings. The van der Waals surface area contributed by atoms with Crippen molar-refractivity contribution in [2.24, 2.45) is 0 Å². The van der Waals surface area contributed by atoms with Gasteiger partial charge in [0.2, 0.25) is 0 Å². The van der Waals surface area contributed by atoms with E-state index in [2.05, 4.69) is 0 Å². The molecule has 0 spiro atoms. The number of rotatable bonds is 5. The minimum absolute atomic E-state index is 0.0571. The molecule has 0 atom stereocenters. The van der Waals surface area contributed by atoms with E-state index in [0.717, 1.165) is 9.80 Å². The normalized spacial score (nSPS) is 15.4. The Hall–Kier alpha value is -2.37. The molecule has 6 nitrogen and oxygen atoms in total. The molecule has 1 aliphatic heterocycles. The van der Waals surface area contributed by atoms with Gasteiger partial charge in [0, 0.05) is 6.04 Å². The highest BCUT2D eigenvalue weighted by Gasteiger charge is 2.45. The molecule has 0 aromatic heterocycles. The van der Waals surface area contributed by atoms with Crippen molar-refractivity contribution in [1.82, 2.24) is 9.80 Å². The minimum atomic E-state index is -0.791. The Morgan fingerprint density at radius 1 is 1.05 bits per heavy atom. The second-order valence-electron chi connectivity index (χ2n) is 4.67. The zero-order valence-electron chi connectivity index (χ0n) is 11.4. The van der Waals surface area contributed by atoms with E-state index in [1.165, 1.54) is 0 Å². The summed E-state index contributed by atoms with van der Waals surface area (Å²) in [6.07, 6.45) is 0. The third-order valence-corrected chi connectivity index (χ3v) is 2.93. The van der Waals surface area contributed by atoms with Crippen molar-refractivity contribution >= 4 is 17.8 Å². The lowest BCUT2D eigenvalue weighted by Gasteiger charge is -2.18. The van der Waals surface area contributed by atoms with Gasteiger partial charge in [-0.05, 0) is 26.0 Å². The van der Waals surface area contributed by atoms with Crippen LogP contribution in [0.15, 0.2) is 30.3 Å². The molecule has 0 bridgehead atoms. The van der Waals surface area contributed by atoms with Crippen LogP contribution in [0.2, 0.25) is 0 Å². The van der Waals surface area contributed by atoms with Crippen LogP contribution in [0.5, 0.6) is 5.75 Å². The van der Waals surface area contributed by atoms with Gasteiger partial charge >= 0.3 is 17.8 Å². The van der Waals surface area contributed by atoms with Crippen LogP contribution < -0.4 is 4.74 Å². The van der Waals surface area contributed by atoms with Crippen LogP contribution in [0.4, 0.5) is 4.79 Å². The van der Waals surface area contributed by atoms with E-state index in [1.54, 1.807) is 26.0 Å². The van der Waals surface area contributed by atoms with Crippen LogP contribution in [0.1, 0.15) is 13.8 Å². The van der Waals surface area contributed by atoms with Crippen LogP contribution in [-0.4, -0.2) is 46.8 Å². The van der Waals surface area contributed by atoms with Crippen molar-refractivity contribution in [2.45, 2.75) is 19.9 Å². The second kappa shape index (κ2) is 5.73. The molecular formula is C14H16N2O4. The Kier molecular flexibility index (Phi) is 4.02. The summed E-state index contributed by atoms with van der Waals surface area (Å²) in [6.45, 7) is 3.59. The Labute approximate surface area is 116 Å². The molecule has 0 aliphatic carbocycles. The van der Waals surface area contributed by atoms with Crippen molar-refractivity contribution in [3.63, 3.8) is 0 Å². The molecular weight excluding hydrogens is 260 g/mol. The minimum Gasteiger partial charge on any atom is -0.492 e. The lowest BCUT2D eigenvalue weighted by Crippen LogP contribution is -2.39. The summed E-state index contributed by atoms with van der Waals surface area (Å²) in [5.74, 6) is -0.913. The van der Waals surface area contributed by atoms with Gasteiger partial charge in [-0.15, -0.1) is 0 Å². The van der Waals surface area contributed by atoms with Gasteiger partial charge in [0.25, 0.3) is 0 Å². The average Bonchev–Trinajstić information content (AvgIpc) is 2.63. The van der Waals surface area contributed by atoms with E-state index in [1.807, 2.05) is 18.2 Å². The Morgan fingerprint density at radius 3 is 2.25 bits per heavy atom. The van der Waals surface area contributed by atoms with Gasteiger partial charge in [-0.1, -0.05) is 18.2 Å². The predicted molar refractivity (Wildman–Crippen MR) is 71.0 cm³/mol. The second-order valence-corrected chi connectivity index (χ2v) is 4.67. The molecule has 6 heteroatoms. The molecule has 2 rings (SSSR count). The van der Waals surface area contributed by atoms with Gasteiger partial charge in [-0.2, -0.15) is 0 Å². The Bertz CT molecular complexity index is 527. The molecule has 0 unspecified atom stereocenters. The number of benzene rings is 1. The smallest absolute Gasteiger partial charge is 0.334 e. The van der Waals surface area contributed by atoms with E-state index in [9.17, 15) is 14.4 Å². The van der Waals surface area contributed by atoms with Crippen LogP contribution in [0.3, 0.4) is 0 Å². The van der Waals surface area contributed by atoms with Crippen LogP contribution in [-0.2, 0) is 9.59 Å². The summed E-state index contributed by atoms with van der Waals surface area (Å²) in [7, 11) is 0. The highest BCUT2D eigenvalue weighted by molar-refractivity contribution is 6.44. The topological polar surface area (TPSA) is 66.9 Å². The lowest BCUT2D eigenvalue weighted by molar-refractivity contribution is -0.143. The van der Waals surface area contributed by atoms with Crippen molar-refractivity contribution in [2.75, 3.05) is 13.2 Å². The van der Waals surface area contributed by atoms with E-state index in [0.29, 0.717) is 5.75 Å². The fourth-order valence-corrected chi connectivity index (χ4v) is 1.95. The third kappa shape index (κ3) is 2.64. The van der Waals surface area contributed by atoms with E-state index in [-0.39, 0.29) is 19.2 Å². The van der Waals surface area contributed by atoms with E-state index >= 15 is 0 Å². The Balaban J connectivity index is 1.95. The zero-order valence-corrected chi connectivity index (χ0v) is 11.4. The number of ether oxygens (including phenoxy) is 1. The number of hydrogen-bond donors (Lipinski definition) is 0. The molecule has 20 heavy (non-hydrogen) atoms. The van der Waals surface area contributed by atoms with E-state index < -0.39 is 17.8 Å². The van der Waals surface area contributed by atoms with Gasteiger partial charge in [0.05, 0.1) is 6.54 Å². The maximum atomic E-state index is 12.0. The van der Waals surface area contributed by atoms with Gasteiger partial charge in [0.1, 0.15) is 12.4 Å². The number of amides is 4. The number of para-hydroxylation sites is 1. The fraction of sp³-hybridized carbons (Fsp3) is 0.357. The van der Waals surface area contributed by atoms with Gasteiger partial charge in [0.15, 0.2) is 0 Å². The quantitative estimate of drug-likeness (QED) is 0.600. The van der Waals surface area contributed by atoms with Gasteiger partial charge in [-0.25, -0.2) is 4.79 Å². The average molecular weight is 276 g/mol. The first kappa shape index (κ1) is 14.0. The van der Waals surface area contributed by atoms with Crippen LogP contribution in [0, 0.1) is 0 Å². The fourth-order valence-electron chi connectivity index (χ4n) is 1.95. The molecule has 1 heterocycles. The molecule has 1 saturated heterocycles. The lowest BCUT2D eigenvalue weighted by atomic mass is 10.3. The molecule has 106 valence electrons. The maximum Gasteiger partial charge on any atom is 0.334 e. The highest BCUT2D eigenvalue weighted by Crippen LogP contribution is 2.15. The number of carbonyl (C=O) groups is 3. The molecule has 1 aliphatic rings. The number of imide groups is 2. The van der Waals surface area contributed by atoms with Crippen molar-refractivity contribution in [3.05, 3.63) is 30.3 Å². The predicted octanol–water partition coefficient (Wildman–Crippen LogP) is 1.26. The van der Waals surface area contributed by atoms with Crippen molar-refractivity contribution in [3.8, 4) is 5.75 Å². The summed E-state index contributed by atoms with van der Waals surface area (Å²) in [4.78, 5) is 37.3. The summed E-state index contributed by atoms with van der Waals surface area (Å²) in [5, 5.41) is 0. The number of hydrogen-bond acceptors (Lipinski definition) is 4. The molecule has 1 fully saturated rings. The molecule has 0 radical (unpaired) electrons.